The minimum absolute atomic E-state index is 1.02. The molecular weight excluding hydrogens is 260 g/mol. The van der Waals surface area contributed by atoms with Gasteiger partial charge in [0.25, 0.3) is 0 Å². The van der Waals surface area contributed by atoms with Gasteiger partial charge in [0.15, 0.2) is 0 Å². The summed E-state index contributed by atoms with van der Waals surface area (Å²) in [6.45, 7) is 2.11. The van der Waals surface area contributed by atoms with Gasteiger partial charge < -0.3 is 9.47 Å². The van der Waals surface area contributed by atoms with Crippen molar-refractivity contribution in [1.82, 2.24) is 19.4 Å². The van der Waals surface area contributed by atoms with Gasteiger partial charge in [-0.15, -0.1) is 0 Å². The van der Waals surface area contributed by atoms with E-state index in [1.54, 1.807) is 0 Å². The van der Waals surface area contributed by atoms with Crippen LogP contribution in [0.25, 0.3) is 32.8 Å². The molecule has 4 aromatic rings. The molecule has 4 heteroatoms. The molecule has 0 aliphatic carbocycles. The molecule has 4 rings (SSSR count). The fourth-order valence-electron chi connectivity index (χ4n) is 3.22. The van der Waals surface area contributed by atoms with Crippen LogP contribution in [0.2, 0.25) is 0 Å². The molecule has 1 aromatic carbocycles. The van der Waals surface area contributed by atoms with Gasteiger partial charge in [0.1, 0.15) is 0 Å². The summed E-state index contributed by atoms with van der Waals surface area (Å²) in [5.74, 6) is 0. The molecule has 3 heterocycles. The number of hydrogen-bond acceptors (Lipinski definition) is 3. The lowest BCUT2D eigenvalue weighted by atomic mass is 10.1. The van der Waals surface area contributed by atoms with E-state index < -0.39 is 0 Å². The second-order valence-electron chi connectivity index (χ2n) is 5.82. The standard InChI is InChI=1S/C17H18N4/c1-20(2)10-3-11-21-14-6-8-18-12-4-5-13-17(16(12)14)15(21)7-9-19-13/h4-9H,3,10-11H2,1-2H3. The molecule has 21 heavy (non-hydrogen) atoms. The van der Waals surface area contributed by atoms with Crippen LogP contribution in [0.3, 0.4) is 0 Å². The molecule has 0 spiro atoms. The Hall–Kier alpha value is -2.20. The van der Waals surface area contributed by atoms with Gasteiger partial charge in [0.05, 0.1) is 22.1 Å². The van der Waals surface area contributed by atoms with Crippen molar-refractivity contribution in [2.24, 2.45) is 0 Å². The predicted octanol–water partition coefficient (Wildman–Crippen LogP) is 3.13. The number of nitrogens with zero attached hydrogens (tertiary/aromatic N) is 4. The van der Waals surface area contributed by atoms with E-state index in [2.05, 4.69) is 57.8 Å². The number of rotatable bonds is 4. The average Bonchev–Trinajstić information content (AvgIpc) is 2.81. The highest BCUT2D eigenvalue weighted by atomic mass is 15.1. The van der Waals surface area contributed by atoms with Crippen LogP contribution >= 0.6 is 0 Å². The highest BCUT2D eigenvalue weighted by molar-refractivity contribution is 6.21. The summed E-state index contributed by atoms with van der Waals surface area (Å²) in [5.41, 5.74) is 4.66. The fourth-order valence-corrected chi connectivity index (χ4v) is 3.22. The first-order valence-electron chi connectivity index (χ1n) is 7.34. The topological polar surface area (TPSA) is 34.0 Å². The van der Waals surface area contributed by atoms with Crippen molar-refractivity contribution in [3.05, 3.63) is 36.7 Å². The number of aromatic nitrogens is 3. The van der Waals surface area contributed by atoms with Crippen LogP contribution in [0.1, 0.15) is 6.42 Å². The van der Waals surface area contributed by atoms with E-state index in [9.17, 15) is 0 Å². The van der Waals surface area contributed by atoms with Crippen LogP contribution < -0.4 is 0 Å². The van der Waals surface area contributed by atoms with E-state index in [1.165, 1.54) is 21.8 Å². The molecule has 3 aromatic heterocycles. The molecule has 0 fully saturated rings. The Morgan fingerprint density at radius 3 is 2.00 bits per heavy atom. The maximum absolute atomic E-state index is 4.51. The maximum Gasteiger partial charge on any atom is 0.0731 e. The lowest BCUT2D eigenvalue weighted by Crippen LogP contribution is -2.15. The molecule has 0 atom stereocenters. The number of benzene rings is 1. The average molecular weight is 278 g/mol. The third-order valence-electron chi connectivity index (χ3n) is 4.13. The van der Waals surface area contributed by atoms with Gasteiger partial charge >= 0.3 is 0 Å². The summed E-state index contributed by atoms with van der Waals surface area (Å²) < 4.78 is 2.41. The normalized spacial score (nSPS) is 12.3. The zero-order valence-corrected chi connectivity index (χ0v) is 12.4. The highest BCUT2D eigenvalue weighted by Crippen LogP contribution is 2.34. The van der Waals surface area contributed by atoms with Crippen molar-refractivity contribution >= 4 is 32.8 Å². The Bertz CT molecular complexity index is 839. The molecule has 0 radical (unpaired) electrons. The first-order valence-corrected chi connectivity index (χ1v) is 7.34. The third kappa shape index (κ3) is 1.87. The molecule has 0 N–H and O–H groups in total. The fraction of sp³-hybridized carbons (Fsp3) is 0.294. The summed E-state index contributed by atoms with van der Waals surface area (Å²) in [7, 11) is 4.24. The molecule has 0 aliphatic heterocycles. The molecule has 0 aliphatic rings. The van der Waals surface area contributed by atoms with Gasteiger partial charge in [0.2, 0.25) is 0 Å². The van der Waals surface area contributed by atoms with Crippen molar-refractivity contribution in [3.8, 4) is 0 Å². The summed E-state index contributed by atoms with van der Waals surface area (Å²) in [6, 6.07) is 8.39. The quantitative estimate of drug-likeness (QED) is 0.538. The second-order valence-corrected chi connectivity index (χ2v) is 5.82. The summed E-state index contributed by atoms with van der Waals surface area (Å²) >= 11 is 0. The number of pyridine rings is 2. The second kappa shape index (κ2) is 4.67. The first kappa shape index (κ1) is 12.5. The Kier molecular flexibility index (Phi) is 2.79. The van der Waals surface area contributed by atoms with Gasteiger partial charge in [0, 0.05) is 29.7 Å². The van der Waals surface area contributed by atoms with Crippen molar-refractivity contribution in [2.45, 2.75) is 13.0 Å². The largest absolute Gasteiger partial charge is 0.340 e. The van der Waals surface area contributed by atoms with Crippen LogP contribution in [0.4, 0.5) is 0 Å². The summed E-state index contributed by atoms with van der Waals surface area (Å²) in [4.78, 5) is 11.2. The summed E-state index contributed by atoms with van der Waals surface area (Å²) in [5, 5.41) is 2.51. The highest BCUT2D eigenvalue weighted by Gasteiger charge is 2.15. The monoisotopic (exact) mass is 278 g/mol. The molecule has 0 saturated carbocycles. The third-order valence-corrected chi connectivity index (χ3v) is 4.13. The first-order chi connectivity index (χ1) is 10.3. The number of hydrogen-bond donors (Lipinski definition) is 0. The van der Waals surface area contributed by atoms with Crippen molar-refractivity contribution in [2.75, 3.05) is 20.6 Å². The van der Waals surface area contributed by atoms with Gasteiger partial charge in [-0.3, -0.25) is 9.97 Å². The van der Waals surface area contributed by atoms with E-state index in [4.69, 9.17) is 0 Å². The lowest BCUT2D eigenvalue weighted by molar-refractivity contribution is 0.389. The minimum atomic E-state index is 1.02. The number of aryl methyl sites for hydroxylation is 1. The van der Waals surface area contributed by atoms with Crippen LogP contribution in [0, 0.1) is 0 Å². The van der Waals surface area contributed by atoms with Crippen molar-refractivity contribution in [1.29, 1.82) is 0 Å². The Morgan fingerprint density at radius 1 is 0.905 bits per heavy atom. The Labute approximate surface area is 123 Å². The van der Waals surface area contributed by atoms with Crippen LogP contribution in [-0.2, 0) is 6.54 Å². The smallest absolute Gasteiger partial charge is 0.0731 e. The molecule has 0 amide bonds. The van der Waals surface area contributed by atoms with Gasteiger partial charge in [-0.25, -0.2) is 0 Å². The molecular formula is C17H18N4. The van der Waals surface area contributed by atoms with Crippen LogP contribution in [-0.4, -0.2) is 40.1 Å². The summed E-state index contributed by atoms with van der Waals surface area (Å²) in [6.07, 6.45) is 4.94. The SMILES string of the molecule is CN(C)CCCn1c2ccnc3ccc4nccc1c4c32. The zero-order valence-electron chi connectivity index (χ0n) is 12.4. The molecule has 4 nitrogen and oxygen atoms in total. The maximum atomic E-state index is 4.51. The molecule has 0 bridgehead atoms. The van der Waals surface area contributed by atoms with Crippen LogP contribution in [0.15, 0.2) is 36.7 Å². The van der Waals surface area contributed by atoms with Crippen molar-refractivity contribution in [3.63, 3.8) is 0 Å². The van der Waals surface area contributed by atoms with E-state index in [0.29, 0.717) is 0 Å². The molecule has 0 unspecified atom stereocenters. The minimum Gasteiger partial charge on any atom is -0.340 e. The molecule has 106 valence electrons. The Morgan fingerprint density at radius 2 is 1.48 bits per heavy atom. The van der Waals surface area contributed by atoms with E-state index in [1.807, 2.05) is 12.4 Å². The molecule has 0 saturated heterocycles. The predicted molar refractivity (Wildman–Crippen MR) is 86.9 cm³/mol. The lowest BCUT2D eigenvalue weighted by Gasteiger charge is -2.11. The van der Waals surface area contributed by atoms with E-state index >= 15 is 0 Å². The van der Waals surface area contributed by atoms with E-state index in [-0.39, 0.29) is 0 Å². The zero-order chi connectivity index (χ0) is 14.4. The van der Waals surface area contributed by atoms with Crippen LogP contribution in [0.5, 0.6) is 0 Å². The Balaban J connectivity index is 1.97. The van der Waals surface area contributed by atoms with Crippen molar-refractivity contribution < 1.29 is 0 Å². The van der Waals surface area contributed by atoms with E-state index in [0.717, 1.165) is 30.5 Å². The van der Waals surface area contributed by atoms with Gasteiger partial charge in [-0.05, 0) is 51.3 Å². The van der Waals surface area contributed by atoms with Gasteiger partial charge in [-0.2, -0.15) is 0 Å². The van der Waals surface area contributed by atoms with Gasteiger partial charge in [-0.1, -0.05) is 0 Å².